The van der Waals surface area contributed by atoms with Gasteiger partial charge in [0.2, 0.25) is 0 Å². The van der Waals surface area contributed by atoms with Crippen molar-refractivity contribution < 1.29 is 4.79 Å². The summed E-state index contributed by atoms with van der Waals surface area (Å²) in [5, 5.41) is 7.35. The van der Waals surface area contributed by atoms with Crippen LogP contribution >= 0.6 is 11.8 Å². The van der Waals surface area contributed by atoms with Gasteiger partial charge in [-0.3, -0.25) is 4.79 Å². The maximum atomic E-state index is 13.2. The minimum Gasteiger partial charge on any atom is -0.335 e. The number of hydrazone groups is 1. The number of allylic oxidation sites excluding steroid dienone is 4. The largest absolute Gasteiger partial charge is 0.335 e. The molecule has 2 aromatic rings. The monoisotopic (exact) mass is 427 g/mol. The van der Waals surface area contributed by atoms with E-state index in [2.05, 4.69) is 53.3 Å². The van der Waals surface area contributed by atoms with E-state index in [1.54, 1.807) is 0 Å². The molecule has 0 saturated carbocycles. The Balaban J connectivity index is 1.47. The molecule has 5 rings (SSSR count). The van der Waals surface area contributed by atoms with Crippen molar-refractivity contribution in [2.24, 2.45) is 5.10 Å². The Bertz CT molecular complexity index is 1160. The predicted molar refractivity (Wildman–Crippen MR) is 129 cm³/mol. The van der Waals surface area contributed by atoms with Gasteiger partial charge in [0.1, 0.15) is 0 Å². The molecule has 31 heavy (non-hydrogen) atoms. The fourth-order valence-electron chi connectivity index (χ4n) is 4.43. The number of amides is 1. The van der Waals surface area contributed by atoms with Gasteiger partial charge in [-0.05, 0) is 74.6 Å². The maximum Gasteiger partial charge on any atom is 0.280 e. The highest BCUT2D eigenvalue weighted by Gasteiger charge is 2.31. The lowest BCUT2D eigenvalue weighted by atomic mass is 9.90. The van der Waals surface area contributed by atoms with Crippen LogP contribution in [0.2, 0.25) is 0 Å². The molecule has 4 nitrogen and oxygen atoms in total. The molecule has 0 spiro atoms. The third-order valence-corrected chi connectivity index (χ3v) is 6.99. The van der Waals surface area contributed by atoms with E-state index in [1.165, 1.54) is 26.2 Å². The lowest BCUT2D eigenvalue weighted by Crippen LogP contribution is -2.22. The van der Waals surface area contributed by atoms with Crippen LogP contribution in [0.25, 0.3) is 0 Å². The number of anilines is 2. The van der Waals surface area contributed by atoms with E-state index in [9.17, 15) is 4.79 Å². The van der Waals surface area contributed by atoms with Gasteiger partial charge in [-0.2, -0.15) is 10.1 Å². The van der Waals surface area contributed by atoms with E-state index in [4.69, 9.17) is 0 Å². The first-order chi connectivity index (χ1) is 15.2. The van der Waals surface area contributed by atoms with Crippen molar-refractivity contribution in [2.45, 2.75) is 38.0 Å². The number of carbonyl (C=O) groups excluding carboxylic acids is 1. The summed E-state index contributed by atoms with van der Waals surface area (Å²) < 4.78 is 0. The summed E-state index contributed by atoms with van der Waals surface area (Å²) in [5.41, 5.74) is 6.03. The molecule has 0 unspecified atom stereocenters. The van der Waals surface area contributed by atoms with Gasteiger partial charge in [0.15, 0.2) is 0 Å². The molecular formula is C26H25N3OS. The van der Waals surface area contributed by atoms with Gasteiger partial charge in [0.05, 0.1) is 27.7 Å². The standard InChI is InChI=1S/C26H25N3OS/c1-3-28-22-14-7-8-15-23(22)31-24(28)17-19-10-9-11-20(16-19)25-18(2)27-29(26(25)30)21-12-5-4-6-13-21/h4-8,12-17H,3,9-11H2,1-2H3/b24-17-,25-20-. The van der Waals surface area contributed by atoms with E-state index < -0.39 is 0 Å². The Morgan fingerprint density at radius 2 is 1.84 bits per heavy atom. The van der Waals surface area contributed by atoms with E-state index >= 15 is 0 Å². The Hall–Kier alpha value is -3.05. The van der Waals surface area contributed by atoms with Crippen LogP contribution in [0.5, 0.6) is 0 Å². The van der Waals surface area contributed by atoms with Crippen molar-refractivity contribution in [3.05, 3.63) is 88.5 Å². The summed E-state index contributed by atoms with van der Waals surface area (Å²) in [5.74, 6) is -0.0262. The van der Waals surface area contributed by atoms with Crippen LogP contribution < -0.4 is 9.91 Å². The van der Waals surface area contributed by atoms with Gasteiger partial charge in [-0.1, -0.05) is 48.2 Å². The average molecular weight is 428 g/mol. The molecule has 5 heteroatoms. The van der Waals surface area contributed by atoms with E-state index in [0.717, 1.165) is 48.4 Å². The van der Waals surface area contributed by atoms with E-state index in [1.807, 2.05) is 49.0 Å². The average Bonchev–Trinajstić information content (AvgIpc) is 3.30. The molecular weight excluding hydrogens is 402 g/mol. The zero-order chi connectivity index (χ0) is 21.4. The highest BCUT2D eigenvalue weighted by molar-refractivity contribution is 8.03. The number of benzene rings is 2. The van der Waals surface area contributed by atoms with Crippen LogP contribution in [0.1, 0.15) is 33.1 Å². The Morgan fingerprint density at radius 1 is 1.06 bits per heavy atom. The zero-order valence-corrected chi connectivity index (χ0v) is 18.7. The molecule has 2 aromatic carbocycles. The van der Waals surface area contributed by atoms with Gasteiger partial charge in [0, 0.05) is 11.4 Å². The first-order valence-electron chi connectivity index (χ1n) is 10.8. The van der Waals surface area contributed by atoms with Crippen LogP contribution in [0.4, 0.5) is 11.4 Å². The van der Waals surface area contributed by atoms with Gasteiger partial charge >= 0.3 is 0 Å². The number of rotatable bonds is 3. The quantitative estimate of drug-likeness (QED) is 0.540. The second kappa shape index (κ2) is 8.23. The number of hydrogen-bond acceptors (Lipinski definition) is 4. The summed E-state index contributed by atoms with van der Waals surface area (Å²) in [6.07, 6.45) is 7.50. The summed E-state index contributed by atoms with van der Waals surface area (Å²) in [6.45, 7) is 5.06. The fraction of sp³-hybridized carbons (Fsp3) is 0.231. The molecule has 0 bridgehead atoms. The Morgan fingerprint density at radius 3 is 2.65 bits per heavy atom. The van der Waals surface area contributed by atoms with Crippen molar-refractivity contribution >= 4 is 34.8 Å². The van der Waals surface area contributed by atoms with Crippen molar-refractivity contribution in [2.75, 3.05) is 16.5 Å². The van der Waals surface area contributed by atoms with Crippen LogP contribution in [0.15, 0.2) is 98.5 Å². The molecule has 2 aliphatic heterocycles. The first-order valence-corrected chi connectivity index (χ1v) is 11.6. The van der Waals surface area contributed by atoms with Gasteiger partial charge in [-0.25, -0.2) is 0 Å². The predicted octanol–water partition coefficient (Wildman–Crippen LogP) is 6.29. The third kappa shape index (κ3) is 3.63. The Labute approximate surface area is 187 Å². The number of hydrogen-bond donors (Lipinski definition) is 0. The van der Waals surface area contributed by atoms with Gasteiger partial charge in [-0.15, -0.1) is 0 Å². The van der Waals surface area contributed by atoms with Crippen LogP contribution in [0, 0.1) is 0 Å². The molecule has 1 aliphatic carbocycles. The number of fused-ring (bicyclic) bond motifs is 1. The lowest BCUT2D eigenvalue weighted by molar-refractivity contribution is -0.114. The molecule has 0 radical (unpaired) electrons. The number of carbonyl (C=O) groups is 1. The zero-order valence-electron chi connectivity index (χ0n) is 17.8. The summed E-state index contributed by atoms with van der Waals surface area (Å²) in [6, 6.07) is 18.2. The molecule has 0 atom stereocenters. The second-order valence-electron chi connectivity index (χ2n) is 7.91. The van der Waals surface area contributed by atoms with E-state index in [0.29, 0.717) is 0 Å². The molecule has 3 aliphatic rings. The molecule has 1 amide bonds. The molecule has 0 aromatic heterocycles. The SMILES string of the molecule is CCN1/C(=C/C2=CC(=C3\C(=O)N(c4ccccc4)N=C3C)/CCC2)Sc2ccccc21. The lowest BCUT2D eigenvalue weighted by Gasteiger charge is -2.20. The molecule has 0 fully saturated rings. The highest BCUT2D eigenvalue weighted by Crippen LogP contribution is 2.46. The fourth-order valence-corrected chi connectivity index (χ4v) is 5.63. The van der Waals surface area contributed by atoms with Crippen molar-refractivity contribution in [1.82, 2.24) is 0 Å². The number of para-hydroxylation sites is 2. The van der Waals surface area contributed by atoms with Crippen molar-refractivity contribution in [3.8, 4) is 0 Å². The van der Waals surface area contributed by atoms with Gasteiger partial charge in [0.25, 0.3) is 5.91 Å². The van der Waals surface area contributed by atoms with Gasteiger partial charge < -0.3 is 4.90 Å². The van der Waals surface area contributed by atoms with E-state index in [-0.39, 0.29) is 5.91 Å². The number of thioether (sulfide) groups is 1. The topological polar surface area (TPSA) is 35.9 Å². The molecule has 0 N–H and O–H groups in total. The van der Waals surface area contributed by atoms with Crippen molar-refractivity contribution in [3.63, 3.8) is 0 Å². The maximum absolute atomic E-state index is 13.2. The minimum atomic E-state index is -0.0262. The smallest absolute Gasteiger partial charge is 0.280 e. The normalized spacial score (nSPS) is 22.1. The van der Waals surface area contributed by atoms with Crippen LogP contribution in [0.3, 0.4) is 0 Å². The van der Waals surface area contributed by atoms with Crippen LogP contribution in [-0.2, 0) is 4.79 Å². The summed E-state index contributed by atoms with van der Waals surface area (Å²) in [7, 11) is 0. The minimum absolute atomic E-state index is 0.0262. The third-order valence-electron chi connectivity index (χ3n) is 5.87. The highest BCUT2D eigenvalue weighted by atomic mass is 32.2. The summed E-state index contributed by atoms with van der Waals surface area (Å²) >= 11 is 1.83. The van der Waals surface area contributed by atoms with Crippen LogP contribution in [-0.4, -0.2) is 18.2 Å². The molecule has 156 valence electrons. The molecule has 2 heterocycles. The summed E-state index contributed by atoms with van der Waals surface area (Å²) in [4.78, 5) is 16.9. The molecule has 0 saturated heterocycles. The first kappa shape index (κ1) is 19.9. The number of nitrogens with zero attached hydrogens (tertiary/aromatic N) is 3. The Kier molecular flexibility index (Phi) is 5.28. The van der Waals surface area contributed by atoms with Crippen molar-refractivity contribution in [1.29, 1.82) is 0 Å². The second-order valence-corrected chi connectivity index (χ2v) is 8.97.